The lowest BCUT2D eigenvalue weighted by Gasteiger charge is -2.38. The number of fused-ring (bicyclic) bond motifs is 1. The number of aliphatic hydroxyl groups is 1. The summed E-state index contributed by atoms with van der Waals surface area (Å²) < 4.78 is 6.70. The minimum atomic E-state index is -1.13. The standard InChI is InChI=1S/C31H42BrN3O5/c1-6-14-33(15-7-2)28(37)23-24-29(38)35(17-9-10-18-36)27(31(24)19-22(32)26(23)40-31)30(39)34(16-8-3)25-20(4)12-11-13-21(25)5/h6,8,11-13,22-24,26-27,36H,1,3,7,9-10,14-19H2,2,4-5H3/t22?,23-,24+,26-,27?,31?/m1/s1. The van der Waals surface area contributed by atoms with Crippen molar-refractivity contribution in [1.29, 1.82) is 0 Å². The Morgan fingerprint density at radius 2 is 1.85 bits per heavy atom. The molecular formula is C31H42BrN3O5. The molecule has 6 atom stereocenters. The zero-order valence-electron chi connectivity index (χ0n) is 23.9. The molecule has 1 spiro atoms. The van der Waals surface area contributed by atoms with E-state index in [0.717, 1.165) is 23.2 Å². The van der Waals surface area contributed by atoms with E-state index in [4.69, 9.17) is 4.74 Å². The molecule has 1 N–H and O–H groups in total. The predicted octanol–water partition coefficient (Wildman–Crippen LogP) is 3.77. The van der Waals surface area contributed by atoms with Gasteiger partial charge in [-0.05, 0) is 50.7 Å². The number of ether oxygens (including phenoxy) is 1. The van der Waals surface area contributed by atoms with Crippen LogP contribution in [-0.4, -0.2) is 88.0 Å². The highest BCUT2D eigenvalue weighted by atomic mass is 79.9. The van der Waals surface area contributed by atoms with E-state index in [1.165, 1.54) is 0 Å². The van der Waals surface area contributed by atoms with E-state index >= 15 is 0 Å². The molecule has 3 fully saturated rings. The Kier molecular flexibility index (Phi) is 9.58. The van der Waals surface area contributed by atoms with Crippen molar-refractivity contribution < 1.29 is 24.2 Å². The van der Waals surface area contributed by atoms with Crippen molar-refractivity contribution in [2.75, 3.05) is 37.7 Å². The second-order valence-corrected chi connectivity index (χ2v) is 12.4. The normalized spacial score (nSPS) is 28.5. The van der Waals surface area contributed by atoms with Crippen LogP contribution in [-0.2, 0) is 19.1 Å². The number of carbonyl (C=O) groups is 3. The minimum absolute atomic E-state index is 0.00308. The first-order chi connectivity index (χ1) is 19.2. The molecule has 40 heavy (non-hydrogen) atoms. The fourth-order valence-corrected chi connectivity index (χ4v) is 8.00. The summed E-state index contributed by atoms with van der Waals surface area (Å²) in [5, 5.41) is 9.45. The number of benzene rings is 1. The fraction of sp³-hybridized carbons (Fsp3) is 0.581. The number of anilines is 1. The number of amides is 3. The van der Waals surface area contributed by atoms with Crippen molar-refractivity contribution in [3.8, 4) is 0 Å². The van der Waals surface area contributed by atoms with E-state index in [2.05, 4.69) is 29.1 Å². The van der Waals surface area contributed by atoms with Gasteiger partial charge in [0.15, 0.2) is 0 Å². The molecular weight excluding hydrogens is 574 g/mol. The van der Waals surface area contributed by atoms with Gasteiger partial charge in [0.05, 0.1) is 17.9 Å². The summed E-state index contributed by atoms with van der Waals surface area (Å²) in [6.45, 7) is 15.2. The van der Waals surface area contributed by atoms with Crippen LogP contribution in [0.25, 0.3) is 0 Å². The van der Waals surface area contributed by atoms with Crippen molar-refractivity contribution in [3.63, 3.8) is 0 Å². The van der Waals surface area contributed by atoms with Crippen molar-refractivity contribution in [2.45, 2.75) is 69.0 Å². The van der Waals surface area contributed by atoms with Gasteiger partial charge in [-0.2, -0.15) is 0 Å². The molecule has 0 aromatic heterocycles. The van der Waals surface area contributed by atoms with Gasteiger partial charge in [0.1, 0.15) is 11.6 Å². The third-order valence-corrected chi connectivity index (χ3v) is 9.40. The molecule has 218 valence electrons. The molecule has 4 rings (SSSR count). The molecule has 0 saturated carbocycles. The second-order valence-electron chi connectivity index (χ2n) is 11.2. The third-order valence-electron chi connectivity index (χ3n) is 8.56. The van der Waals surface area contributed by atoms with Gasteiger partial charge in [-0.25, -0.2) is 0 Å². The van der Waals surface area contributed by atoms with Gasteiger partial charge in [0.25, 0.3) is 5.91 Å². The minimum Gasteiger partial charge on any atom is -0.396 e. The second kappa shape index (κ2) is 12.6. The third kappa shape index (κ3) is 5.05. The molecule has 3 unspecified atom stereocenters. The fourth-order valence-electron chi connectivity index (χ4n) is 7.05. The van der Waals surface area contributed by atoms with E-state index < -0.39 is 29.6 Å². The monoisotopic (exact) mass is 615 g/mol. The molecule has 2 bridgehead atoms. The Morgan fingerprint density at radius 1 is 1.18 bits per heavy atom. The van der Waals surface area contributed by atoms with Crippen LogP contribution < -0.4 is 4.90 Å². The number of rotatable bonds is 13. The van der Waals surface area contributed by atoms with E-state index in [0.29, 0.717) is 38.9 Å². The average molecular weight is 617 g/mol. The van der Waals surface area contributed by atoms with Gasteiger partial charge in [-0.1, -0.05) is 53.2 Å². The Balaban J connectivity index is 1.81. The van der Waals surface area contributed by atoms with Gasteiger partial charge in [-0.3, -0.25) is 14.4 Å². The van der Waals surface area contributed by atoms with E-state index in [1.807, 2.05) is 39.0 Å². The maximum atomic E-state index is 14.7. The zero-order valence-corrected chi connectivity index (χ0v) is 25.4. The molecule has 3 aliphatic rings. The molecule has 1 aromatic rings. The quantitative estimate of drug-likeness (QED) is 0.207. The van der Waals surface area contributed by atoms with Crippen LogP contribution in [0.15, 0.2) is 43.5 Å². The maximum Gasteiger partial charge on any atom is 0.253 e. The van der Waals surface area contributed by atoms with Gasteiger partial charge in [0.2, 0.25) is 11.8 Å². The number of alkyl halides is 1. The van der Waals surface area contributed by atoms with Gasteiger partial charge in [0, 0.05) is 43.3 Å². The van der Waals surface area contributed by atoms with Gasteiger partial charge in [-0.15, -0.1) is 13.2 Å². The number of aliphatic hydroxyl groups excluding tert-OH is 1. The molecule has 8 nitrogen and oxygen atoms in total. The number of hydrogen-bond acceptors (Lipinski definition) is 5. The lowest BCUT2D eigenvalue weighted by molar-refractivity contribution is -0.145. The molecule has 9 heteroatoms. The Bertz CT molecular complexity index is 1140. The van der Waals surface area contributed by atoms with Crippen LogP contribution in [0.2, 0.25) is 0 Å². The number of carbonyl (C=O) groups excluding carboxylic acids is 3. The van der Waals surface area contributed by atoms with Crippen molar-refractivity contribution >= 4 is 39.3 Å². The summed E-state index contributed by atoms with van der Waals surface area (Å²) in [6, 6.07) is 4.99. The van der Waals surface area contributed by atoms with Gasteiger partial charge >= 0.3 is 0 Å². The van der Waals surface area contributed by atoms with Crippen LogP contribution in [0, 0.1) is 25.7 Å². The summed E-state index contributed by atoms with van der Waals surface area (Å²) in [6.07, 6.45) is 5.16. The largest absolute Gasteiger partial charge is 0.396 e. The molecule has 3 saturated heterocycles. The zero-order chi connectivity index (χ0) is 29.2. The van der Waals surface area contributed by atoms with Crippen molar-refractivity contribution in [1.82, 2.24) is 9.80 Å². The summed E-state index contributed by atoms with van der Waals surface area (Å²) in [7, 11) is 0. The van der Waals surface area contributed by atoms with Crippen molar-refractivity contribution in [3.05, 3.63) is 54.6 Å². The number of halogens is 1. The average Bonchev–Trinajstić information content (AvgIpc) is 3.51. The topological polar surface area (TPSA) is 90.4 Å². The first-order valence-corrected chi connectivity index (χ1v) is 15.2. The smallest absolute Gasteiger partial charge is 0.253 e. The van der Waals surface area contributed by atoms with Crippen LogP contribution in [0.4, 0.5) is 5.69 Å². The Labute approximate surface area is 246 Å². The summed E-state index contributed by atoms with van der Waals surface area (Å²) in [4.78, 5) is 47.9. The molecule has 3 amide bonds. The molecule has 1 aromatic carbocycles. The Morgan fingerprint density at radius 3 is 2.45 bits per heavy atom. The number of likely N-dealkylation sites (tertiary alicyclic amines) is 1. The maximum absolute atomic E-state index is 14.7. The number of nitrogens with zero attached hydrogens (tertiary/aromatic N) is 3. The Hall–Kier alpha value is -2.49. The van der Waals surface area contributed by atoms with Gasteiger partial charge < -0.3 is 24.5 Å². The highest BCUT2D eigenvalue weighted by Crippen LogP contribution is 2.60. The predicted molar refractivity (Wildman–Crippen MR) is 159 cm³/mol. The van der Waals surface area contributed by atoms with Crippen LogP contribution in [0.1, 0.15) is 43.7 Å². The lowest BCUT2D eigenvalue weighted by Crippen LogP contribution is -2.57. The number of aryl methyl sites for hydroxylation is 2. The molecule has 3 aliphatic heterocycles. The number of hydrogen-bond donors (Lipinski definition) is 1. The highest BCUT2D eigenvalue weighted by Gasteiger charge is 2.76. The van der Waals surface area contributed by atoms with Crippen LogP contribution in [0.5, 0.6) is 0 Å². The number of para-hydroxylation sites is 1. The first kappa shape index (κ1) is 30.5. The summed E-state index contributed by atoms with van der Waals surface area (Å²) >= 11 is 3.76. The molecule has 3 heterocycles. The van der Waals surface area contributed by atoms with E-state index in [9.17, 15) is 19.5 Å². The summed E-state index contributed by atoms with van der Waals surface area (Å²) in [5.74, 6) is -2.02. The highest BCUT2D eigenvalue weighted by molar-refractivity contribution is 9.09. The lowest BCUT2D eigenvalue weighted by atomic mass is 9.70. The van der Waals surface area contributed by atoms with E-state index in [-0.39, 0.29) is 35.7 Å². The van der Waals surface area contributed by atoms with Crippen LogP contribution in [0.3, 0.4) is 0 Å². The summed E-state index contributed by atoms with van der Waals surface area (Å²) in [5.41, 5.74) is 1.56. The first-order valence-electron chi connectivity index (χ1n) is 14.3. The van der Waals surface area contributed by atoms with E-state index in [1.54, 1.807) is 26.9 Å². The number of unbranched alkanes of at least 4 members (excludes halogenated alkanes) is 1. The van der Waals surface area contributed by atoms with Crippen molar-refractivity contribution in [2.24, 2.45) is 11.8 Å². The molecule has 0 aliphatic carbocycles. The molecule has 0 radical (unpaired) electrons. The SMILES string of the molecule is C=CCN(CCC)C(=O)[C@H]1[C@@H]2OC3(CC2Br)C(C(=O)N(CC=C)c2c(C)cccc2C)N(CCCCO)C(=O)[C@H]13. The van der Waals surface area contributed by atoms with Crippen LogP contribution >= 0.6 is 15.9 Å².